The molecule has 0 fully saturated rings. The van der Waals surface area contributed by atoms with Gasteiger partial charge in [-0.15, -0.1) is 6.58 Å². The van der Waals surface area contributed by atoms with Crippen molar-refractivity contribution >= 4 is 5.91 Å². The summed E-state index contributed by atoms with van der Waals surface area (Å²) >= 11 is 0. The minimum absolute atomic E-state index is 0.0295. The molecule has 27 heavy (non-hydrogen) atoms. The van der Waals surface area contributed by atoms with Gasteiger partial charge in [0.15, 0.2) is 0 Å². The van der Waals surface area contributed by atoms with Gasteiger partial charge in [-0.05, 0) is 18.4 Å². The normalized spacial score (nSPS) is 19.0. The Labute approximate surface area is 157 Å². The average molecular weight is 365 g/mol. The molecule has 6 heteroatoms. The van der Waals surface area contributed by atoms with Crippen LogP contribution in [0.4, 0.5) is 0 Å². The topological polar surface area (TPSA) is 75.2 Å². The Hall–Kier alpha value is -3.15. The standard InChI is InChI=1S/C21H23N3O3/c1-2-7-17-10-6-11-18(16-8-4-3-5-9-16)24(17)20(26)13-15-23-14-12-19(25)22-21(23)27/h2-6,8-9,11-12,14,17-18H,1,7,10,13,15H2,(H,22,25,27)/t17-,18+/m1/s1. The lowest BCUT2D eigenvalue weighted by Crippen LogP contribution is -2.44. The van der Waals surface area contributed by atoms with Crippen LogP contribution >= 0.6 is 0 Å². The first-order chi connectivity index (χ1) is 13.1. The highest BCUT2D eigenvalue weighted by atomic mass is 16.2. The van der Waals surface area contributed by atoms with Crippen molar-refractivity contribution in [2.45, 2.75) is 37.9 Å². The van der Waals surface area contributed by atoms with Gasteiger partial charge >= 0.3 is 5.69 Å². The lowest BCUT2D eigenvalue weighted by molar-refractivity contribution is -0.136. The summed E-state index contributed by atoms with van der Waals surface area (Å²) in [5.74, 6) is -0.0295. The van der Waals surface area contributed by atoms with Crippen LogP contribution in [0.5, 0.6) is 0 Å². The summed E-state index contributed by atoms with van der Waals surface area (Å²) in [5, 5.41) is 0. The zero-order valence-corrected chi connectivity index (χ0v) is 15.1. The predicted molar refractivity (Wildman–Crippen MR) is 104 cm³/mol. The van der Waals surface area contributed by atoms with E-state index in [9.17, 15) is 14.4 Å². The van der Waals surface area contributed by atoms with Crippen molar-refractivity contribution in [1.82, 2.24) is 14.5 Å². The van der Waals surface area contributed by atoms with Crippen molar-refractivity contribution in [1.29, 1.82) is 0 Å². The summed E-state index contributed by atoms with van der Waals surface area (Å²) in [7, 11) is 0. The smallest absolute Gasteiger partial charge is 0.328 e. The lowest BCUT2D eigenvalue weighted by atomic mass is 9.94. The Bertz CT molecular complexity index is 943. The van der Waals surface area contributed by atoms with Crippen LogP contribution in [0, 0.1) is 0 Å². The number of amides is 1. The molecule has 0 saturated carbocycles. The maximum atomic E-state index is 13.1. The second kappa shape index (κ2) is 8.49. The summed E-state index contributed by atoms with van der Waals surface area (Å²) in [6.45, 7) is 4.04. The summed E-state index contributed by atoms with van der Waals surface area (Å²) in [4.78, 5) is 40.2. The number of aryl methyl sites for hydroxylation is 1. The molecule has 140 valence electrons. The van der Waals surface area contributed by atoms with Gasteiger partial charge in [0.2, 0.25) is 5.91 Å². The van der Waals surface area contributed by atoms with Crippen LogP contribution in [-0.2, 0) is 11.3 Å². The van der Waals surface area contributed by atoms with Crippen molar-refractivity contribution in [3.8, 4) is 0 Å². The van der Waals surface area contributed by atoms with Gasteiger partial charge in [-0.3, -0.25) is 14.6 Å². The van der Waals surface area contributed by atoms with Crippen molar-refractivity contribution in [3.05, 3.63) is 93.8 Å². The number of H-pyrrole nitrogens is 1. The SMILES string of the molecule is C=CC[C@@H]1CC=C[C@@H](c2ccccc2)N1C(=O)CCn1ccc(=O)[nH]c1=O. The molecule has 6 nitrogen and oxygen atoms in total. The van der Waals surface area contributed by atoms with Crippen molar-refractivity contribution < 1.29 is 4.79 Å². The van der Waals surface area contributed by atoms with E-state index in [-0.39, 0.29) is 31.0 Å². The third kappa shape index (κ3) is 4.34. The highest BCUT2D eigenvalue weighted by Crippen LogP contribution is 2.31. The molecule has 0 spiro atoms. The third-order valence-electron chi connectivity index (χ3n) is 4.75. The van der Waals surface area contributed by atoms with Crippen molar-refractivity contribution in [2.75, 3.05) is 0 Å². The Morgan fingerprint density at radius 2 is 2.00 bits per heavy atom. The van der Waals surface area contributed by atoms with Gasteiger partial charge in [-0.25, -0.2) is 4.79 Å². The number of aromatic amines is 1. The number of nitrogens with one attached hydrogen (secondary N) is 1. The average Bonchev–Trinajstić information content (AvgIpc) is 2.68. The summed E-state index contributed by atoms with van der Waals surface area (Å²) in [5.41, 5.74) is 0.104. The van der Waals surface area contributed by atoms with Gasteiger partial charge < -0.3 is 9.47 Å². The molecule has 2 aromatic rings. The van der Waals surface area contributed by atoms with Gasteiger partial charge in [-0.1, -0.05) is 48.6 Å². The molecular formula is C21H23N3O3. The van der Waals surface area contributed by atoms with Gasteiger partial charge in [0.25, 0.3) is 5.56 Å². The maximum Gasteiger partial charge on any atom is 0.328 e. The van der Waals surface area contributed by atoms with Crippen LogP contribution < -0.4 is 11.2 Å². The molecule has 1 aromatic carbocycles. The zero-order valence-electron chi connectivity index (χ0n) is 15.1. The molecule has 3 rings (SSSR count). The van der Waals surface area contributed by atoms with E-state index in [1.165, 1.54) is 16.8 Å². The molecule has 2 atom stereocenters. The van der Waals surface area contributed by atoms with Crippen LogP contribution in [0.2, 0.25) is 0 Å². The number of nitrogens with zero attached hydrogens (tertiary/aromatic N) is 2. The summed E-state index contributed by atoms with van der Waals surface area (Å²) in [6.07, 6.45) is 9.08. The molecule has 0 bridgehead atoms. The summed E-state index contributed by atoms with van der Waals surface area (Å²) in [6, 6.07) is 11.1. The van der Waals surface area contributed by atoms with Crippen molar-refractivity contribution in [3.63, 3.8) is 0 Å². The molecule has 0 saturated heterocycles. The highest BCUT2D eigenvalue weighted by Gasteiger charge is 2.31. The number of carbonyl (C=O) groups is 1. The van der Waals surface area contributed by atoms with E-state index in [0.717, 1.165) is 12.0 Å². The van der Waals surface area contributed by atoms with E-state index in [4.69, 9.17) is 0 Å². The van der Waals surface area contributed by atoms with Crippen LogP contribution in [0.15, 0.2) is 77.0 Å². The molecular weight excluding hydrogens is 342 g/mol. The van der Waals surface area contributed by atoms with Gasteiger partial charge in [0, 0.05) is 31.3 Å². The second-order valence-corrected chi connectivity index (χ2v) is 6.55. The van der Waals surface area contributed by atoms with Gasteiger partial charge in [-0.2, -0.15) is 0 Å². The highest BCUT2D eigenvalue weighted by molar-refractivity contribution is 5.77. The predicted octanol–water partition coefficient (Wildman–Crippen LogP) is 2.40. The molecule has 0 unspecified atom stereocenters. The number of aromatic nitrogens is 2. The van der Waals surface area contributed by atoms with E-state index in [1.807, 2.05) is 41.3 Å². The number of carbonyl (C=O) groups excluding carboxylic acids is 1. The van der Waals surface area contributed by atoms with E-state index in [0.29, 0.717) is 6.42 Å². The Kier molecular flexibility index (Phi) is 5.86. The lowest BCUT2D eigenvalue weighted by Gasteiger charge is -2.39. The second-order valence-electron chi connectivity index (χ2n) is 6.55. The monoisotopic (exact) mass is 365 g/mol. The van der Waals surface area contributed by atoms with Crippen LogP contribution in [0.1, 0.15) is 30.9 Å². The van der Waals surface area contributed by atoms with Gasteiger partial charge in [0.1, 0.15) is 0 Å². The Morgan fingerprint density at radius 3 is 2.70 bits per heavy atom. The third-order valence-corrected chi connectivity index (χ3v) is 4.75. The first-order valence-corrected chi connectivity index (χ1v) is 9.03. The fourth-order valence-corrected chi connectivity index (χ4v) is 3.45. The molecule has 1 aromatic heterocycles. The number of hydrogen-bond donors (Lipinski definition) is 1. The largest absolute Gasteiger partial charge is 0.329 e. The molecule has 1 amide bonds. The molecule has 0 radical (unpaired) electrons. The minimum atomic E-state index is -0.504. The molecule has 0 aliphatic carbocycles. The molecule has 2 heterocycles. The van der Waals surface area contributed by atoms with E-state index >= 15 is 0 Å². The fraction of sp³-hybridized carbons (Fsp3) is 0.286. The van der Waals surface area contributed by atoms with E-state index < -0.39 is 11.2 Å². The Morgan fingerprint density at radius 1 is 1.22 bits per heavy atom. The van der Waals surface area contributed by atoms with E-state index in [2.05, 4.69) is 23.7 Å². The maximum absolute atomic E-state index is 13.1. The quantitative estimate of drug-likeness (QED) is 0.799. The first kappa shape index (κ1) is 18.6. The fourth-order valence-electron chi connectivity index (χ4n) is 3.45. The number of rotatable bonds is 6. The van der Waals surface area contributed by atoms with Crippen LogP contribution in [-0.4, -0.2) is 26.4 Å². The van der Waals surface area contributed by atoms with Gasteiger partial charge in [0.05, 0.1) is 6.04 Å². The number of benzene rings is 1. The number of hydrogen-bond acceptors (Lipinski definition) is 3. The zero-order chi connectivity index (χ0) is 19.2. The molecule has 1 aliphatic rings. The molecule has 1 N–H and O–H groups in total. The minimum Gasteiger partial charge on any atom is -0.329 e. The van der Waals surface area contributed by atoms with Crippen LogP contribution in [0.25, 0.3) is 0 Å². The molecule has 1 aliphatic heterocycles. The summed E-state index contributed by atoms with van der Waals surface area (Å²) < 4.78 is 1.35. The Balaban J connectivity index is 1.82. The first-order valence-electron chi connectivity index (χ1n) is 9.03. The van der Waals surface area contributed by atoms with Crippen molar-refractivity contribution in [2.24, 2.45) is 0 Å². The van der Waals surface area contributed by atoms with E-state index in [1.54, 1.807) is 0 Å². The van der Waals surface area contributed by atoms with Crippen LogP contribution in [0.3, 0.4) is 0 Å².